The Balaban J connectivity index is 1.93. The molecule has 21 heavy (non-hydrogen) atoms. The van der Waals surface area contributed by atoms with Crippen LogP contribution in [0.1, 0.15) is 70.3 Å². The van der Waals surface area contributed by atoms with Gasteiger partial charge in [0.1, 0.15) is 0 Å². The van der Waals surface area contributed by atoms with Crippen LogP contribution in [0.15, 0.2) is 18.2 Å². The second kappa shape index (κ2) is 12.3. The molecule has 0 atom stereocenters. The van der Waals surface area contributed by atoms with Gasteiger partial charge in [0.2, 0.25) is 0 Å². The standard InChI is InChI=1S/C18H28Cl2O/c1-2-3-4-5-6-7-8-9-10-13-21-15-16-11-12-17(19)14-18(16)20/h11-12,14H,2-10,13,15H2,1H3. The third kappa shape index (κ3) is 9.39. The predicted molar refractivity (Wildman–Crippen MR) is 93.3 cm³/mol. The molecule has 0 aliphatic rings. The van der Waals surface area contributed by atoms with E-state index < -0.39 is 0 Å². The average Bonchev–Trinajstić information content (AvgIpc) is 2.46. The van der Waals surface area contributed by atoms with E-state index >= 15 is 0 Å². The fourth-order valence-corrected chi connectivity index (χ4v) is 2.80. The fraction of sp³-hybridized carbons (Fsp3) is 0.667. The molecule has 0 aromatic heterocycles. The minimum Gasteiger partial charge on any atom is -0.377 e. The summed E-state index contributed by atoms with van der Waals surface area (Å²) in [5.74, 6) is 0. The van der Waals surface area contributed by atoms with Gasteiger partial charge in [0.15, 0.2) is 0 Å². The van der Waals surface area contributed by atoms with E-state index in [0.29, 0.717) is 16.7 Å². The van der Waals surface area contributed by atoms with Gasteiger partial charge in [-0.05, 0) is 24.1 Å². The summed E-state index contributed by atoms with van der Waals surface area (Å²) < 4.78 is 5.67. The first-order chi connectivity index (χ1) is 10.2. The summed E-state index contributed by atoms with van der Waals surface area (Å²) in [5.41, 5.74) is 1.01. The zero-order valence-corrected chi connectivity index (χ0v) is 14.7. The Bertz CT molecular complexity index is 379. The van der Waals surface area contributed by atoms with Crippen LogP contribution in [-0.2, 0) is 11.3 Å². The lowest BCUT2D eigenvalue weighted by atomic mass is 10.1. The maximum Gasteiger partial charge on any atom is 0.0731 e. The topological polar surface area (TPSA) is 9.23 Å². The summed E-state index contributed by atoms with van der Waals surface area (Å²) in [6, 6.07) is 5.55. The molecule has 0 amide bonds. The normalized spacial score (nSPS) is 11.0. The largest absolute Gasteiger partial charge is 0.377 e. The van der Waals surface area contributed by atoms with Crippen molar-refractivity contribution in [2.45, 2.75) is 71.3 Å². The van der Waals surface area contributed by atoms with Crippen LogP contribution < -0.4 is 0 Å². The van der Waals surface area contributed by atoms with Crippen molar-refractivity contribution in [3.8, 4) is 0 Å². The van der Waals surface area contributed by atoms with Gasteiger partial charge >= 0.3 is 0 Å². The van der Waals surface area contributed by atoms with Crippen LogP contribution in [0.25, 0.3) is 0 Å². The van der Waals surface area contributed by atoms with Gasteiger partial charge in [-0.3, -0.25) is 0 Å². The van der Waals surface area contributed by atoms with Crippen molar-refractivity contribution in [1.29, 1.82) is 0 Å². The third-order valence-corrected chi connectivity index (χ3v) is 4.25. The van der Waals surface area contributed by atoms with E-state index in [2.05, 4.69) is 6.92 Å². The minimum absolute atomic E-state index is 0.576. The molecule has 0 saturated carbocycles. The number of hydrogen-bond acceptors (Lipinski definition) is 1. The smallest absolute Gasteiger partial charge is 0.0731 e. The fourth-order valence-electron chi connectivity index (χ4n) is 2.34. The quantitative estimate of drug-likeness (QED) is 0.373. The highest BCUT2D eigenvalue weighted by Crippen LogP contribution is 2.21. The molecular weight excluding hydrogens is 303 g/mol. The van der Waals surface area contributed by atoms with Crippen molar-refractivity contribution in [3.63, 3.8) is 0 Å². The van der Waals surface area contributed by atoms with Crippen molar-refractivity contribution in [1.82, 2.24) is 0 Å². The second-order valence-electron chi connectivity index (χ2n) is 5.62. The van der Waals surface area contributed by atoms with Crippen molar-refractivity contribution in [2.75, 3.05) is 6.61 Å². The maximum atomic E-state index is 6.10. The number of hydrogen-bond donors (Lipinski definition) is 0. The van der Waals surface area contributed by atoms with Crippen LogP contribution in [0.4, 0.5) is 0 Å². The van der Waals surface area contributed by atoms with Gasteiger partial charge < -0.3 is 4.74 Å². The van der Waals surface area contributed by atoms with Crippen LogP contribution in [0.2, 0.25) is 10.0 Å². The van der Waals surface area contributed by atoms with E-state index in [1.54, 1.807) is 6.07 Å². The van der Waals surface area contributed by atoms with Gasteiger partial charge in [-0.25, -0.2) is 0 Å². The van der Waals surface area contributed by atoms with E-state index in [1.807, 2.05) is 12.1 Å². The highest BCUT2D eigenvalue weighted by molar-refractivity contribution is 6.35. The zero-order valence-electron chi connectivity index (χ0n) is 13.2. The van der Waals surface area contributed by atoms with E-state index in [4.69, 9.17) is 27.9 Å². The Labute approximate surface area is 140 Å². The molecule has 0 spiro atoms. The number of halogens is 2. The van der Waals surface area contributed by atoms with Gasteiger partial charge in [-0.15, -0.1) is 0 Å². The Morgan fingerprint density at radius 3 is 2.10 bits per heavy atom. The van der Waals surface area contributed by atoms with Gasteiger partial charge in [0.25, 0.3) is 0 Å². The average molecular weight is 331 g/mol. The van der Waals surface area contributed by atoms with E-state index in [9.17, 15) is 0 Å². The van der Waals surface area contributed by atoms with Crippen LogP contribution >= 0.6 is 23.2 Å². The summed E-state index contributed by atoms with van der Waals surface area (Å²) in [5, 5.41) is 1.36. The lowest BCUT2D eigenvalue weighted by Crippen LogP contribution is -1.96. The van der Waals surface area contributed by atoms with Crippen molar-refractivity contribution in [2.24, 2.45) is 0 Å². The Kier molecular flexibility index (Phi) is 11.0. The molecule has 0 radical (unpaired) electrons. The molecule has 0 N–H and O–H groups in total. The van der Waals surface area contributed by atoms with E-state index in [-0.39, 0.29) is 0 Å². The van der Waals surface area contributed by atoms with Gasteiger partial charge in [0.05, 0.1) is 6.61 Å². The summed E-state index contributed by atoms with van der Waals surface area (Å²) in [7, 11) is 0. The summed E-state index contributed by atoms with van der Waals surface area (Å²) in [4.78, 5) is 0. The molecule has 1 aromatic carbocycles. The number of rotatable bonds is 12. The van der Waals surface area contributed by atoms with Crippen molar-refractivity contribution < 1.29 is 4.74 Å². The first kappa shape index (κ1) is 18.8. The lowest BCUT2D eigenvalue weighted by Gasteiger charge is -2.07. The summed E-state index contributed by atoms with van der Waals surface area (Å²) in [6.07, 6.45) is 12.0. The highest BCUT2D eigenvalue weighted by atomic mass is 35.5. The maximum absolute atomic E-state index is 6.10. The second-order valence-corrected chi connectivity index (χ2v) is 6.46. The van der Waals surface area contributed by atoms with E-state index in [0.717, 1.165) is 18.6 Å². The van der Waals surface area contributed by atoms with Crippen molar-refractivity contribution >= 4 is 23.2 Å². The monoisotopic (exact) mass is 330 g/mol. The molecule has 3 heteroatoms. The Morgan fingerprint density at radius 2 is 1.48 bits per heavy atom. The first-order valence-corrected chi connectivity index (χ1v) is 9.01. The lowest BCUT2D eigenvalue weighted by molar-refractivity contribution is 0.117. The highest BCUT2D eigenvalue weighted by Gasteiger charge is 2.01. The van der Waals surface area contributed by atoms with Gasteiger partial charge in [-0.1, -0.05) is 87.6 Å². The molecule has 0 unspecified atom stereocenters. The number of ether oxygens (including phenoxy) is 1. The molecule has 0 fully saturated rings. The molecule has 0 saturated heterocycles. The van der Waals surface area contributed by atoms with Crippen LogP contribution in [-0.4, -0.2) is 6.61 Å². The number of benzene rings is 1. The zero-order chi connectivity index (χ0) is 15.3. The molecule has 120 valence electrons. The van der Waals surface area contributed by atoms with Gasteiger partial charge in [0, 0.05) is 16.7 Å². The molecule has 0 aliphatic heterocycles. The van der Waals surface area contributed by atoms with E-state index in [1.165, 1.54) is 51.4 Å². The minimum atomic E-state index is 0.576. The Morgan fingerprint density at radius 1 is 0.857 bits per heavy atom. The molecule has 0 aliphatic carbocycles. The predicted octanol–water partition coefficient (Wildman–Crippen LogP) is 7.04. The van der Waals surface area contributed by atoms with Gasteiger partial charge in [-0.2, -0.15) is 0 Å². The van der Waals surface area contributed by atoms with Crippen LogP contribution in [0.3, 0.4) is 0 Å². The molecular formula is C18H28Cl2O. The third-order valence-electron chi connectivity index (χ3n) is 3.66. The van der Waals surface area contributed by atoms with Crippen LogP contribution in [0.5, 0.6) is 0 Å². The summed E-state index contributed by atoms with van der Waals surface area (Å²) in [6.45, 7) is 3.65. The molecule has 1 rings (SSSR count). The van der Waals surface area contributed by atoms with Crippen molar-refractivity contribution in [3.05, 3.63) is 33.8 Å². The molecule has 1 aromatic rings. The molecule has 1 nitrogen and oxygen atoms in total. The SMILES string of the molecule is CCCCCCCCCCCOCc1ccc(Cl)cc1Cl. The molecule has 0 bridgehead atoms. The molecule has 0 heterocycles. The van der Waals surface area contributed by atoms with Crippen LogP contribution in [0, 0.1) is 0 Å². The first-order valence-electron chi connectivity index (χ1n) is 8.25. The number of unbranched alkanes of at least 4 members (excludes halogenated alkanes) is 8. The summed E-state index contributed by atoms with van der Waals surface area (Å²) >= 11 is 12.0. The Hall–Kier alpha value is -0.240.